The third-order valence-electron chi connectivity index (χ3n) is 8.86. The number of carboxylic acid groups (broad SMARTS) is 1. The van der Waals surface area contributed by atoms with Gasteiger partial charge in [-0.3, -0.25) is 4.79 Å². The number of alkyl halides is 1. The molecular weight excluding hydrogens is 431 g/mol. The highest BCUT2D eigenvalue weighted by Gasteiger charge is 2.72. The number of rotatable bonds is 1. The molecule has 0 aromatic rings. The van der Waals surface area contributed by atoms with E-state index >= 15 is 4.39 Å². The molecule has 7 heteroatoms. The summed E-state index contributed by atoms with van der Waals surface area (Å²) in [5, 5.41) is 32.2. The van der Waals surface area contributed by atoms with Crippen LogP contribution in [0.25, 0.3) is 0 Å². The van der Waals surface area contributed by atoms with Gasteiger partial charge >= 0.3 is 5.97 Å². The van der Waals surface area contributed by atoms with Crippen molar-refractivity contribution < 1.29 is 29.3 Å². The fourth-order valence-electron chi connectivity index (χ4n) is 7.59. The van der Waals surface area contributed by atoms with Gasteiger partial charge in [-0.05, 0) is 76.3 Å². The third kappa shape index (κ3) is 2.24. The Kier molecular flexibility index (Phi) is 4.47. The van der Waals surface area contributed by atoms with Gasteiger partial charge in [-0.25, -0.2) is 9.18 Å². The van der Waals surface area contributed by atoms with Crippen LogP contribution in [-0.2, 0) is 9.59 Å². The number of carbonyl (C=O) groups is 2. The number of aliphatic hydroxyl groups is 2. The second-order valence-corrected chi connectivity index (χ2v) is 10.8. The molecule has 3 N–H and O–H groups in total. The van der Waals surface area contributed by atoms with Crippen molar-refractivity contribution in [3.05, 3.63) is 10.1 Å². The van der Waals surface area contributed by atoms with Crippen LogP contribution in [0.15, 0.2) is 10.1 Å². The molecule has 0 aromatic carbocycles. The van der Waals surface area contributed by atoms with Crippen molar-refractivity contribution in [2.75, 3.05) is 0 Å². The molecule has 4 rings (SSSR count). The minimum Gasteiger partial charge on any atom is -0.479 e. The lowest BCUT2D eigenvalue weighted by Crippen LogP contribution is -2.63. The maximum Gasteiger partial charge on any atom is 0.336 e. The van der Waals surface area contributed by atoms with Gasteiger partial charge < -0.3 is 15.3 Å². The molecule has 0 amide bonds. The summed E-state index contributed by atoms with van der Waals surface area (Å²) in [5.41, 5.74) is -3.14. The zero-order valence-electron chi connectivity index (χ0n) is 16.4. The van der Waals surface area contributed by atoms with Gasteiger partial charge in [0, 0.05) is 11.8 Å². The Hall–Kier alpha value is -0.790. The van der Waals surface area contributed by atoms with E-state index in [-0.39, 0.29) is 36.4 Å². The van der Waals surface area contributed by atoms with Gasteiger partial charge in [0.15, 0.2) is 11.4 Å². The van der Waals surface area contributed by atoms with Crippen LogP contribution in [0, 0.1) is 34.5 Å². The molecule has 0 aliphatic heterocycles. The lowest BCUT2D eigenvalue weighted by Gasteiger charge is -2.60. The standard InChI is InChI=1S/C21H28BrFO5/c1-9-6-11-10-7-12(23)16-17(22)13(24)4-5-19(16,2)15(10)14(25)8-20(11,3)21(9,28)18(26)27/h9-12,14-15,25,28H,4-8H2,1-3H3,(H,26,27)/t9-,10+,11+,12+,14+,15-,19-,20+,21+/m1/s1. The topological polar surface area (TPSA) is 94.8 Å². The van der Waals surface area contributed by atoms with Gasteiger partial charge in [0.05, 0.1) is 10.6 Å². The number of hydrogen-bond acceptors (Lipinski definition) is 4. The fraction of sp³-hybridized carbons (Fsp3) is 0.810. The van der Waals surface area contributed by atoms with Gasteiger partial charge in [-0.1, -0.05) is 20.8 Å². The van der Waals surface area contributed by atoms with E-state index in [2.05, 4.69) is 15.9 Å². The van der Waals surface area contributed by atoms with Crippen molar-refractivity contribution in [3.63, 3.8) is 0 Å². The van der Waals surface area contributed by atoms with Crippen molar-refractivity contribution in [2.24, 2.45) is 34.5 Å². The van der Waals surface area contributed by atoms with E-state index in [1.807, 2.05) is 6.92 Å². The number of hydrogen-bond donors (Lipinski definition) is 3. The van der Waals surface area contributed by atoms with E-state index < -0.39 is 40.6 Å². The minimum atomic E-state index is -1.93. The quantitative estimate of drug-likeness (QED) is 0.560. The summed E-state index contributed by atoms with van der Waals surface area (Å²) in [6.45, 7) is 5.42. The molecule has 0 bridgehead atoms. The Balaban J connectivity index is 1.83. The Morgan fingerprint density at radius 2 is 1.93 bits per heavy atom. The summed E-state index contributed by atoms with van der Waals surface area (Å²) in [5.74, 6) is -2.52. The van der Waals surface area contributed by atoms with E-state index in [0.717, 1.165) is 0 Å². The molecule has 0 saturated heterocycles. The second kappa shape index (κ2) is 6.11. The van der Waals surface area contributed by atoms with Crippen LogP contribution in [0.3, 0.4) is 0 Å². The predicted molar refractivity (Wildman–Crippen MR) is 103 cm³/mol. The van der Waals surface area contributed by atoms with Gasteiger partial charge in [0.1, 0.15) is 6.17 Å². The predicted octanol–water partition coefficient (Wildman–Crippen LogP) is 3.22. The van der Waals surface area contributed by atoms with E-state index in [4.69, 9.17) is 0 Å². The highest BCUT2D eigenvalue weighted by atomic mass is 79.9. The Labute approximate surface area is 172 Å². The molecule has 0 unspecified atom stereocenters. The van der Waals surface area contributed by atoms with Crippen LogP contribution >= 0.6 is 15.9 Å². The molecule has 0 radical (unpaired) electrons. The summed E-state index contributed by atoms with van der Waals surface area (Å²) in [6, 6.07) is 0. The molecule has 0 aromatic heterocycles. The van der Waals surface area contributed by atoms with Crippen molar-refractivity contribution >= 4 is 27.7 Å². The van der Waals surface area contributed by atoms with Crippen molar-refractivity contribution in [1.82, 2.24) is 0 Å². The summed E-state index contributed by atoms with van der Waals surface area (Å²) in [7, 11) is 0. The SMILES string of the molecule is C[C@@H]1C[C@H]2[C@@H]3C[C@H](F)C4=C(Br)C(=O)CC[C@]4(C)[C@H]3[C@@H](O)C[C@]2(C)[C@@]1(O)C(=O)O. The van der Waals surface area contributed by atoms with Crippen LogP contribution < -0.4 is 0 Å². The van der Waals surface area contributed by atoms with Gasteiger partial charge in [-0.2, -0.15) is 0 Å². The molecule has 156 valence electrons. The lowest BCUT2D eigenvalue weighted by molar-refractivity contribution is -0.201. The lowest BCUT2D eigenvalue weighted by atomic mass is 9.45. The van der Waals surface area contributed by atoms with Crippen LogP contribution in [0.5, 0.6) is 0 Å². The molecule has 4 aliphatic carbocycles. The fourth-order valence-corrected chi connectivity index (χ4v) is 8.49. The summed E-state index contributed by atoms with van der Waals surface area (Å²) in [4.78, 5) is 24.2. The maximum atomic E-state index is 15.4. The average molecular weight is 459 g/mol. The van der Waals surface area contributed by atoms with Crippen molar-refractivity contribution in [2.45, 2.75) is 70.8 Å². The van der Waals surface area contributed by atoms with Crippen molar-refractivity contribution in [3.8, 4) is 0 Å². The number of allylic oxidation sites excluding steroid dienone is 1. The van der Waals surface area contributed by atoms with E-state index in [9.17, 15) is 24.9 Å². The van der Waals surface area contributed by atoms with E-state index in [1.54, 1.807) is 13.8 Å². The number of Topliss-reactive ketones (excluding diaryl/α,β-unsaturated/α-hetero) is 1. The Morgan fingerprint density at radius 3 is 2.54 bits per heavy atom. The second-order valence-electron chi connectivity index (χ2n) is 9.96. The number of halogens is 2. The molecule has 28 heavy (non-hydrogen) atoms. The number of carboxylic acids is 1. The first-order chi connectivity index (χ1) is 12.9. The molecule has 4 aliphatic rings. The largest absolute Gasteiger partial charge is 0.479 e. The number of aliphatic carboxylic acids is 1. The van der Waals surface area contributed by atoms with Gasteiger partial charge in [0.2, 0.25) is 0 Å². The molecule has 3 fully saturated rings. The first-order valence-corrected chi connectivity index (χ1v) is 10.9. The first kappa shape index (κ1) is 20.5. The highest BCUT2D eigenvalue weighted by molar-refractivity contribution is 9.12. The Morgan fingerprint density at radius 1 is 1.29 bits per heavy atom. The zero-order chi connectivity index (χ0) is 20.8. The average Bonchev–Trinajstić information content (AvgIpc) is 2.79. The maximum absolute atomic E-state index is 15.4. The number of carbonyl (C=O) groups excluding carboxylic acids is 1. The van der Waals surface area contributed by atoms with E-state index in [0.29, 0.717) is 29.3 Å². The third-order valence-corrected chi connectivity index (χ3v) is 9.73. The molecular formula is C21H28BrFO5. The van der Waals surface area contributed by atoms with Crippen molar-refractivity contribution in [1.29, 1.82) is 0 Å². The van der Waals surface area contributed by atoms with E-state index in [1.165, 1.54) is 0 Å². The summed E-state index contributed by atoms with van der Waals surface area (Å²) < 4.78 is 15.7. The normalized spacial score (nSPS) is 53.5. The minimum absolute atomic E-state index is 0.0987. The Bertz CT molecular complexity index is 783. The van der Waals surface area contributed by atoms with Gasteiger partial charge in [0.25, 0.3) is 0 Å². The highest BCUT2D eigenvalue weighted by Crippen LogP contribution is 2.69. The molecule has 0 heterocycles. The number of fused-ring (bicyclic) bond motifs is 5. The molecule has 9 atom stereocenters. The van der Waals surface area contributed by atoms with Crippen LogP contribution in [-0.4, -0.2) is 44.9 Å². The summed E-state index contributed by atoms with van der Waals surface area (Å²) in [6.07, 6.45) is -0.571. The summed E-state index contributed by atoms with van der Waals surface area (Å²) >= 11 is 3.31. The van der Waals surface area contributed by atoms with Crippen LogP contribution in [0.4, 0.5) is 4.39 Å². The first-order valence-electron chi connectivity index (χ1n) is 10.1. The molecule has 0 spiro atoms. The van der Waals surface area contributed by atoms with Crippen LogP contribution in [0.1, 0.15) is 52.9 Å². The number of ketones is 1. The number of aliphatic hydroxyl groups excluding tert-OH is 1. The molecule has 5 nitrogen and oxygen atoms in total. The van der Waals surface area contributed by atoms with Gasteiger partial charge in [-0.15, -0.1) is 0 Å². The molecule has 3 saturated carbocycles. The monoisotopic (exact) mass is 458 g/mol. The van der Waals surface area contributed by atoms with Crippen LogP contribution in [0.2, 0.25) is 0 Å². The zero-order valence-corrected chi connectivity index (χ0v) is 18.0. The smallest absolute Gasteiger partial charge is 0.336 e.